The molecule has 0 aliphatic carbocycles. The van der Waals surface area contributed by atoms with Gasteiger partial charge in [-0.15, -0.1) is 0 Å². The van der Waals surface area contributed by atoms with Crippen LogP contribution in [0.4, 0.5) is 0 Å². The first-order chi connectivity index (χ1) is 11.0. The third kappa shape index (κ3) is 6.47. The number of carbonyl (C=O) groups excluding carboxylic acids is 2. The number of esters is 2. The van der Waals surface area contributed by atoms with Gasteiger partial charge in [-0.1, -0.05) is 0 Å². The van der Waals surface area contributed by atoms with E-state index in [1.165, 1.54) is 20.5 Å². The van der Waals surface area contributed by atoms with Crippen LogP contribution >= 0.6 is 12.2 Å². The van der Waals surface area contributed by atoms with Crippen LogP contribution in [0, 0.1) is 0 Å². The van der Waals surface area contributed by atoms with Gasteiger partial charge in [0.2, 0.25) is 0 Å². The Morgan fingerprint density at radius 1 is 1.39 bits per heavy atom. The van der Waals surface area contributed by atoms with Crippen LogP contribution in [0.1, 0.15) is 25.5 Å². The number of carbonyl (C=O) groups is 2. The number of hydrazone groups is 1. The highest BCUT2D eigenvalue weighted by molar-refractivity contribution is 7.80. The second-order valence-electron chi connectivity index (χ2n) is 4.45. The fourth-order valence-electron chi connectivity index (χ4n) is 1.62. The molecule has 1 rings (SSSR count). The molecule has 1 unspecified atom stereocenters. The first kappa shape index (κ1) is 18.6. The van der Waals surface area contributed by atoms with E-state index in [4.69, 9.17) is 16.6 Å². The summed E-state index contributed by atoms with van der Waals surface area (Å²) in [6.45, 7) is 1.74. The molecule has 0 radical (unpaired) electrons. The Hall–Kier alpha value is -2.42. The maximum atomic E-state index is 11.7. The average Bonchev–Trinajstić information content (AvgIpc) is 3.09. The van der Waals surface area contributed by atoms with E-state index in [1.54, 1.807) is 19.1 Å². The molecule has 0 aliphatic rings. The molecular formula is C14H19N3O5S. The molecule has 0 amide bonds. The van der Waals surface area contributed by atoms with Gasteiger partial charge >= 0.3 is 11.9 Å². The molecule has 2 N–H and O–H groups in total. The van der Waals surface area contributed by atoms with Gasteiger partial charge in [0.05, 0.1) is 20.5 Å². The quantitative estimate of drug-likeness (QED) is 0.327. The van der Waals surface area contributed by atoms with Gasteiger partial charge in [0.25, 0.3) is 0 Å². The third-order valence-corrected chi connectivity index (χ3v) is 3.07. The maximum absolute atomic E-state index is 11.7. The van der Waals surface area contributed by atoms with Crippen molar-refractivity contribution in [1.82, 2.24) is 10.7 Å². The molecule has 0 aromatic carbocycles. The van der Waals surface area contributed by atoms with Gasteiger partial charge in [0.1, 0.15) is 17.5 Å². The fourth-order valence-corrected chi connectivity index (χ4v) is 1.81. The van der Waals surface area contributed by atoms with Crippen LogP contribution in [-0.2, 0) is 19.1 Å². The molecule has 0 spiro atoms. The molecule has 0 bridgehead atoms. The Morgan fingerprint density at radius 2 is 2.13 bits per heavy atom. The molecule has 0 saturated heterocycles. The third-order valence-electron chi connectivity index (χ3n) is 2.86. The molecule has 126 valence electrons. The Balaban J connectivity index is 2.57. The summed E-state index contributed by atoms with van der Waals surface area (Å²) in [5.41, 5.74) is 3.19. The standard InChI is InChI=1S/C14H19N3O5S/c1-9(11-5-4-8-22-11)16-17-14(23)15-10(13(19)21-3)6-7-12(18)20-2/h4-5,8,10H,6-7H2,1-3H3,(H2,15,17,23). The SMILES string of the molecule is COC(=O)CCC(NC(=S)NN=C(C)c1ccco1)C(=O)OC. The minimum Gasteiger partial charge on any atom is -0.469 e. The first-order valence-electron chi connectivity index (χ1n) is 6.77. The van der Waals surface area contributed by atoms with Crippen LogP contribution in [0.2, 0.25) is 0 Å². The highest BCUT2D eigenvalue weighted by atomic mass is 32.1. The molecule has 0 saturated carbocycles. The highest BCUT2D eigenvalue weighted by Gasteiger charge is 2.21. The monoisotopic (exact) mass is 341 g/mol. The topological polar surface area (TPSA) is 102 Å². The zero-order chi connectivity index (χ0) is 17.2. The molecule has 1 aromatic heterocycles. The molecule has 9 heteroatoms. The van der Waals surface area contributed by atoms with Crippen LogP contribution in [0.25, 0.3) is 0 Å². The molecule has 8 nitrogen and oxygen atoms in total. The number of hydrogen-bond donors (Lipinski definition) is 2. The molecule has 1 atom stereocenters. The number of nitrogens with one attached hydrogen (secondary N) is 2. The molecule has 0 fully saturated rings. The van der Waals surface area contributed by atoms with Crippen molar-refractivity contribution in [2.24, 2.45) is 5.10 Å². The summed E-state index contributed by atoms with van der Waals surface area (Å²) in [6, 6.07) is 2.72. The van der Waals surface area contributed by atoms with Crippen molar-refractivity contribution in [3.8, 4) is 0 Å². The number of rotatable bonds is 7. The predicted octanol–water partition coefficient (Wildman–Crippen LogP) is 0.962. The maximum Gasteiger partial charge on any atom is 0.328 e. The Labute approximate surface area is 139 Å². The van der Waals surface area contributed by atoms with E-state index >= 15 is 0 Å². The van der Waals surface area contributed by atoms with Crippen LogP contribution in [-0.4, -0.2) is 43.0 Å². The lowest BCUT2D eigenvalue weighted by atomic mass is 10.1. The van der Waals surface area contributed by atoms with Gasteiger partial charge in [-0.05, 0) is 37.7 Å². The van der Waals surface area contributed by atoms with Crippen molar-refractivity contribution >= 4 is 35.0 Å². The summed E-state index contributed by atoms with van der Waals surface area (Å²) >= 11 is 5.07. The summed E-state index contributed by atoms with van der Waals surface area (Å²) in [5, 5.41) is 6.91. The van der Waals surface area contributed by atoms with Crippen LogP contribution in [0.15, 0.2) is 27.9 Å². The number of methoxy groups -OCH3 is 2. The van der Waals surface area contributed by atoms with Gasteiger partial charge < -0.3 is 19.2 Å². The Morgan fingerprint density at radius 3 is 2.70 bits per heavy atom. The largest absolute Gasteiger partial charge is 0.469 e. The molecule has 0 aliphatic heterocycles. The van der Waals surface area contributed by atoms with Gasteiger partial charge in [0.15, 0.2) is 5.11 Å². The average molecular weight is 341 g/mol. The summed E-state index contributed by atoms with van der Waals surface area (Å²) in [4.78, 5) is 22.9. The minimum absolute atomic E-state index is 0.0561. The van der Waals surface area contributed by atoms with E-state index < -0.39 is 18.0 Å². The van der Waals surface area contributed by atoms with Gasteiger partial charge in [-0.25, -0.2) is 4.79 Å². The molecule has 1 aromatic rings. The zero-order valence-electron chi connectivity index (χ0n) is 13.1. The van der Waals surface area contributed by atoms with E-state index in [-0.39, 0.29) is 18.0 Å². The summed E-state index contributed by atoms with van der Waals surface area (Å²) in [5.74, 6) is -0.369. The van der Waals surface area contributed by atoms with E-state index in [1.807, 2.05) is 0 Å². The molecular weight excluding hydrogens is 322 g/mol. The summed E-state index contributed by atoms with van der Waals surface area (Å²) < 4.78 is 14.4. The lowest BCUT2D eigenvalue weighted by molar-refractivity contribution is -0.144. The Bertz CT molecular complexity index is 571. The number of ether oxygens (including phenoxy) is 2. The van der Waals surface area contributed by atoms with Crippen LogP contribution in [0.5, 0.6) is 0 Å². The van der Waals surface area contributed by atoms with Crippen molar-refractivity contribution < 1.29 is 23.5 Å². The second-order valence-corrected chi connectivity index (χ2v) is 4.86. The normalized spacial score (nSPS) is 12.2. The fraction of sp³-hybridized carbons (Fsp3) is 0.429. The number of thiocarbonyl (C=S) groups is 1. The van der Waals surface area contributed by atoms with Gasteiger partial charge in [-0.2, -0.15) is 5.10 Å². The number of nitrogens with zero attached hydrogens (tertiary/aromatic N) is 1. The van der Waals surface area contributed by atoms with E-state index in [2.05, 4.69) is 25.3 Å². The first-order valence-corrected chi connectivity index (χ1v) is 7.18. The van der Waals surface area contributed by atoms with Crippen molar-refractivity contribution in [3.05, 3.63) is 24.2 Å². The van der Waals surface area contributed by atoms with Crippen molar-refractivity contribution in [1.29, 1.82) is 0 Å². The number of furan rings is 1. The lowest BCUT2D eigenvalue weighted by Crippen LogP contribution is -2.45. The second kappa shape index (κ2) is 9.57. The van der Waals surface area contributed by atoms with Crippen molar-refractivity contribution in [3.63, 3.8) is 0 Å². The van der Waals surface area contributed by atoms with Crippen molar-refractivity contribution in [2.45, 2.75) is 25.8 Å². The highest BCUT2D eigenvalue weighted by Crippen LogP contribution is 2.03. The van der Waals surface area contributed by atoms with Gasteiger partial charge in [-0.3, -0.25) is 10.2 Å². The molecule has 23 heavy (non-hydrogen) atoms. The van der Waals surface area contributed by atoms with Crippen LogP contribution in [0.3, 0.4) is 0 Å². The minimum atomic E-state index is -0.779. The summed E-state index contributed by atoms with van der Waals surface area (Å²) in [6.07, 6.45) is 1.77. The van der Waals surface area contributed by atoms with Crippen LogP contribution < -0.4 is 10.7 Å². The lowest BCUT2D eigenvalue weighted by Gasteiger charge is -2.17. The van der Waals surface area contributed by atoms with Gasteiger partial charge in [0, 0.05) is 6.42 Å². The smallest absolute Gasteiger partial charge is 0.328 e. The Kier molecular flexibility index (Phi) is 7.75. The summed E-state index contributed by atoms with van der Waals surface area (Å²) in [7, 11) is 2.53. The van der Waals surface area contributed by atoms with Crippen molar-refractivity contribution in [2.75, 3.05) is 14.2 Å². The predicted molar refractivity (Wildman–Crippen MR) is 86.8 cm³/mol. The van der Waals surface area contributed by atoms with E-state index in [0.29, 0.717) is 11.5 Å². The molecule has 1 heterocycles. The van der Waals surface area contributed by atoms with E-state index in [9.17, 15) is 9.59 Å². The van der Waals surface area contributed by atoms with E-state index in [0.717, 1.165) is 0 Å². The number of hydrogen-bond acceptors (Lipinski definition) is 7. The zero-order valence-corrected chi connectivity index (χ0v) is 13.9.